The highest BCUT2D eigenvalue weighted by Crippen LogP contribution is 2.22. The number of hydrogen-bond acceptors (Lipinski definition) is 2. The minimum atomic E-state index is -4.03. The second-order valence-corrected chi connectivity index (χ2v) is 4.63. The Morgan fingerprint density at radius 1 is 1.44 bits per heavy atom. The fraction of sp³-hybridized carbons (Fsp3) is 0.750. The van der Waals surface area contributed by atoms with E-state index < -0.39 is 12.6 Å². The summed E-state index contributed by atoms with van der Waals surface area (Å²) in [7, 11) is 1.86. The lowest BCUT2D eigenvalue weighted by Crippen LogP contribution is -2.28. The van der Waals surface area contributed by atoms with Crippen molar-refractivity contribution in [1.29, 1.82) is 0 Å². The lowest BCUT2D eigenvalue weighted by atomic mass is 10.1. The first-order valence-corrected chi connectivity index (χ1v) is 6.14. The van der Waals surface area contributed by atoms with Gasteiger partial charge in [0.15, 0.2) is 0 Å². The zero-order valence-corrected chi connectivity index (χ0v) is 10.8. The Morgan fingerprint density at radius 3 is 2.72 bits per heavy atom. The van der Waals surface area contributed by atoms with Gasteiger partial charge >= 0.3 is 6.18 Å². The van der Waals surface area contributed by atoms with Gasteiger partial charge in [-0.05, 0) is 38.3 Å². The van der Waals surface area contributed by atoms with E-state index in [0.717, 1.165) is 18.5 Å². The maximum atomic E-state index is 12.0. The van der Waals surface area contributed by atoms with Crippen LogP contribution in [0.25, 0.3) is 0 Å². The Bertz CT molecular complexity index is 347. The standard InChI is InChI=1S/C12H20F3N3/c1-10(4-3-6-12(13,14)15)16-7-5-11-8-17-18(2)9-11/h8-10,16H,3-7H2,1-2H3. The molecule has 1 aromatic rings. The van der Waals surface area contributed by atoms with Crippen LogP contribution in [0.5, 0.6) is 0 Å². The Kier molecular flexibility index (Phi) is 5.65. The summed E-state index contributed by atoms with van der Waals surface area (Å²) in [5.74, 6) is 0. The number of aromatic nitrogens is 2. The van der Waals surface area contributed by atoms with Crippen molar-refractivity contribution in [2.24, 2.45) is 7.05 Å². The fourth-order valence-corrected chi connectivity index (χ4v) is 1.77. The first-order chi connectivity index (χ1) is 8.37. The van der Waals surface area contributed by atoms with Gasteiger partial charge in [0.1, 0.15) is 0 Å². The molecule has 1 rings (SSSR count). The minimum Gasteiger partial charge on any atom is -0.314 e. The van der Waals surface area contributed by atoms with Gasteiger partial charge in [0.2, 0.25) is 0 Å². The van der Waals surface area contributed by atoms with Gasteiger partial charge in [0.05, 0.1) is 6.20 Å². The molecule has 0 amide bonds. The number of hydrogen-bond donors (Lipinski definition) is 1. The third kappa shape index (κ3) is 6.64. The van der Waals surface area contributed by atoms with Crippen molar-refractivity contribution >= 4 is 0 Å². The summed E-state index contributed by atoms with van der Waals surface area (Å²) >= 11 is 0. The predicted molar refractivity (Wildman–Crippen MR) is 64.3 cm³/mol. The number of alkyl halides is 3. The number of aryl methyl sites for hydroxylation is 1. The topological polar surface area (TPSA) is 29.9 Å². The summed E-state index contributed by atoms with van der Waals surface area (Å²) in [5, 5.41) is 7.28. The van der Waals surface area contributed by atoms with Crippen molar-refractivity contribution in [1.82, 2.24) is 15.1 Å². The Balaban J connectivity index is 2.08. The van der Waals surface area contributed by atoms with E-state index in [4.69, 9.17) is 0 Å². The van der Waals surface area contributed by atoms with Gasteiger partial charge in [-0.15, -0.1) is 0 Å². The van der Waals surface area contributed by atoms with Crippen molar-refractivity contribution in [2.75, 3.05) is 6.54 Å². The van der Waals surface area contributed by atoms with E-state index in [0.29, 0.717) is 6.42 Å². The summed E-state index contributed by atoms with van der Waals surface area (Å²) in [5.41, 5.74) is 1.13. The number of halogens is 3. The molecule has 18 heavy (non-hydrogen) atoms. The average molecular weight is 263 g/mol. The van der Waals surface area contributed by atoms with Gasteiger partial charge in [0, 0.05) is 25.7 Å². The van der Waals surface area contributed by atoms with Gasteiger partial charge in [-0.3, -0.25) is 4.68 Å². The highest BCUT2D eigenvalue weighted by Gasteiger charge is 2.26. The number of nitrogens with one attached hydrogen (secondary N) is 1. The summed E-state index contributed by atoms with van der Waals surface area (Å²) in [4.78, 5) is 0. The highest BCUT2D eigenvalue weighted by atomic mass is 19.4. The molecule has 0 saturated heterocycles. The van der Waals surface area contributed by atoms with E-state index in [1.54, 1.807) is 10.9 Å². The zero-order valence-electron chi connectivity index (χ0n) is 10.8. The second kappa shape index (κ2) is 6.78. The lowest BCUT2D eigenvalue weighted by molar-refractivity contribution is -0.135. The Labute approximate surface area is 105 Å². The van der Waals surface area contributed by atoms with Crippen molar-refractivity contribution in [3.8, 4) is 0 Å². The summed E-state index contributed by atoms with van der Waals surface area (Å²) in [6, 6.07) is 0.115. The third-order valence-electron chi connectivity index (χ3n) is 2.76. The van der Waals surface area contributed by atoms with E-state index in [-0.39, 0.29) is 12.5 Å². The first kappa shape index (κ1) is 15.0. The molecule has 0 aliphatic carbocycles. The van der Waals surface area contributed by atoms with Crippen LogP contribution in [-0.4, -0.2) is 28.5 Å². The van der Waals surface area contributed by atoms with E-state index in [2.05, 4.69) is 10.4 Å². The van der Waals surface area contributed by atoms with Crippen molar-refractivity contribution in [3.63, 3.8) is 0 Å². The SMILES string of the molecule is CC(CCCC(F)(F)F)NCCc1cnn(C)c1. The second-order valence-electron chi connectivity index (χ2n) is 4.63. The van der Waals surface area contributed by atoms with E-state index in [1.165, 1.54) is 0 Å². The largest absolute Gasteiger partial charge is 0.389 e. The van der Waals surface area contributed by atoms with Crippen LogP contribution in [0.2, 0.25) is 0 Å². The summed E-state index contributed by atoms with van der Waals surface area (Å²) < 4.78 is 37.6. The molecule has 0 aromatic carbocycles. The van der Waals surface area contributed by atoms with Gasteiger partial charge in [-0.25, -0.2) is 0 Å². The molecule has 1 unspecified atom stereocenters. The average Bonchev–Trinajstić information content (AvgIpc) is 2.62. The highest BCUT2D eigenvalue weighted by molar-refractivity contribution is 5.03. The van der Waals surface area contributed by atoms with Crippen LogP contribution >= 0.6 is 0 Å². The van der Waals surface area contributed by atoms with Crippen LogP contribution in [0, 0.1) is 0 Å². The van der Waals surface area contributed by atoms with Crippen LogP contribution in [-0.2, 0) is 13.5 Å². The molecule has 0 bridgehead atoms. The molecule has 6 heteroatoms. The van der Waals surface area contributed by atoms with E-state index >= 15 is 0 Å². The summed E-state index contributed by atoms with van der Waals surface area (Å²) in [6.45, 7) is 2.68. The number of rotatable bonds is 7. The van der Waals surface area contributed by atoms with Gasteiger partial charge < -0.3 is 5.32 Å². The first-order valence-electron chi connectivity index (χ1n) is 6.14. The number of nitrogens with zero attached hydrogens (tertiary/aromatic N) is 2. The normalized spacial score (nSPS) is 13.8. The smallest absolute Gasteiger partial charge is 0.314 e. The van der Waals surface area contributed by atoms with Crippen molar-refractivity contribution in [2.45, 2.75) is 44.8 Å². The fourth-order valence-electron chi connectivity index (χ4n) is 1.77. The minimum absolute atomic E-state index is 0.115. The maximum Gasteiger partial charge on any atom is 0.389 e. The van der Waals surface area contributed by atoms with E-state index in [9.17, 15) is 13.2 Å². The quantitative estimate of drug-likeness (QED) is 0.819. The van der Waals surface area contributed by atoms with Gasteiger partial charge in [0.25, 0.3) is 0 Å². The molecular formula is C12H20F3N3. The Hall–Kier alpha value is -1.04. The molecule has 1 heterocycles. The molecule has 0 aliphatic heterocycles. The molecule has 0 saturated carbocycles. The van der Waals surface area contributed by atoms with Crippen LogP contribution in [0.1, 0.15) is 31.7 Å². The molecular weight excluding hydrogens is 243 g/mol. The predicted octanol–water partition coefficient (Wildman–Crippen LogP) is 2.67. The van der Waals surface area contributed by atoms with Crippen LogP contribution in [0.4, 0.5) is 13.2 Å². The molecule has 1 N–H and O–H groups in total. The lowest BCUT2D eigenvalue weighted by Gasteiger charge is -2.14. The van der Waals surface area contributed by atoms with Crippen LogP contribution in [0.15, 0.2) is 12.4 Å². The molecule has 1 aromatic heterocycles. The molecule has 0 aliphatic rings. The van der Waals surface area contributed by atoms with Crippen LogP contribution < -0.4 is 5.32 Å². The summed E-state index contributed by atoms with van der Waals surface area (Å²) in [6.07, 6.45) is 0.595. The third-order valence-corrected chi connectivity index (χ3v) is 2.76. The van der Waals surface area contributed by atoms with Crippen molar-refractivity contribution < 1.29 is 13.2 Å². The van der Waals surface area contributed by atoms with Crippen molar-refractivity contribution in [3.05, 3.63) is 18.0 Å². The molecule has 0 radical (unpaired) electrons. The molecule has 0 fully saturated rings. The molecule has 1 atom stereocenters. The van der Waals surface area contributed by atoms with E-state index in [1.807, 2.05) is 20.2 Å². The maximum absolute atomic E-state index is 12.0. The molecule has 0 spiro atoms. The Morgan fingerprint density at radius 2 is 2.17 bits per heavy atom. The molecule has 104 valence electrons. The zero-order chi connectivity index (χ0) is 13.6. The van der Waals surface area contributed by atoms with Gasteiger partial charge in [-0.1, -0.05) is 0 Å². The van der Waals surface area contributed by atoms with Gasteiger partial charge in [-0.2, -0.15) is 18.3 Å². The molecule has 3 nitrogen and oxygen atoms in total. The van der Waals surface area contributed by atoms with Crippen LogP contribution in [0.3, 0.4) is 0 Å². The monoisotopic (exact) mass is 263 g/mol.